The maximum Gasteiger partial charge on any atom is 0.253 e. The molecule has 0 unspecified atom stereocenters. The molecule has 2 aliphatic heterocycles. The lowest BCUT2D eigenvalue weighted by molar-refractivity contribution is -0.123. The Labute approximate surface area is 201 Å². The van der Waals surface area contributed by atoms with Gasteiger partial charge in [-0.15, -0.1) is 0 Å². The van der Waals surface area contributed by atoms with Crippen molar-refractivity contribution < 1.29 is 18.0 Å². The SMILES string of the molecule is Cc1ccc(S(=O)(=O)N2CCN(Cc3ccc(C(=O)N4CCC(C(N)=O)CC4)cc3)CC2)cc1. The average molecular weight is 485 g/mol. The van der Waals surface area contributed by atoms with Gasteiger partial charge in [-0.05, 0) is 49.6 Å². The minimum atomic E-state index is -3.47. The first-order chi connectivity index (χ1) is 16.2. The van der Waals surface area contributed by atoms with Gasteiger partial charge in [-0.3, -0.25) is 14.5 Å². The molecule has 0 saturated carbocycles. The van der Waals surface area contributed by atoms with E-state index in [2.05, 4.69) is 4.90 Å². The summed E-state index contributed by atoms with van der Waals surface area (Å²) in [6.45, 7) is 5.94. The van der Waals surface area contributed by atoms with E-state index in [-0.39, 0.29) is 17.7 Å². The highest BCUT2D eigenvalue weighted by Crippen LogP contribution is 2.21. The number of aryl methyl sites for hydroxylation is 1. The zero-order valence-corrected chi connectivity index (χ0v) is 20.3. The average Bonchev–Trinajstić information content (AvgIpc) is 2.85. The summed E-state index contributed by atoms with van der Waals surface area (Å²) in [6.07, 6.45) is 1.23. The van der Waals surface area contributed by atoms with E-state index in [1.807, 2.05) is 43.3 Å². The Morgan fingerprint density at radius 2 is 1.47 bits per heavy atom. The number of sulfonamides is 1. The number of likely N-dealkylation sites (tertiary alicyclic amines) is 1. The van der Waals surface area contributed by atoms with Crippen LogP contribution >= 0.6 is 0 Å². The van der Waals surface area contributed by atoms with E-state index >= 15 is 0 Å². The molecule has 34 heavy (non-hydrogen) atoms. The van der Waals surface area contributed by atoms with Crippen molar-refractivity contribution in [3.8, 4) is 0 Å². The zero-order valence-electron chi connectivity index (χ0n) is 19.5. The molecule has 2 aromatic rings. The molecule has 2 aromatic carbocycles. The molecule has 4 rings (SSSR count). The van der Waals surface area contributed by atoms with E-state index in [1.165, 1.54) is 0 Å². The molecule has 0 radical (unpaired) electrons. The lowest BCUT2D eigenvalue weighted by Gasteiger charge is -2.34. The van der Waals surface area contributed by atoms with Crippen molar-refractivity contribution in [2.45, 2.75) is 31.2 Å². The molecule has 9 heteroatoms. The number of rotatable bonds is 6. The maximum absolute atomic E-state index is 12.9. The van der Waals surface area contributed by atoms with Crippen LogP contribution in [0.25, 0.3) is 0 Å². The van der Waals surface area contributed by atoms with E-state index in [4.69, 9.17) is 5.73 Å². The number of nitrogens with two attached hydrogens (primary N) is 1. The predicted molar refractivity (Wildman–Crippen MR) is 129 cm³/mol. The van der Waals surface area contributed by atoms with Crippen LogP contribution in [-0.2, 0) is 21.4 Å². The lowest BCUT2D eigenvalue weighted by Crippen LogP contribution is -2.48. The summed E-state index contributed by atoms with van der Waals surface area (Å²) in [7, 11) is -3.47. The minimum absolute atomic E-state index is 0.0237. The van der Waals surface area contributed by atoms with Gasteiger partial charge in [-0.1, -0.05) is 29.8 Å². The topological polar surface area (TPSA) is 104 Å². The van der Waals surface area contributed by atoms with E-state index in [0.29, 0.717) is 69.1 Å². The van der Waals surface area contributed by atoms with Crippen LogP contribution in [0.15, 0.2) is 53.4 Å². The lowest BCUT2D eigenvalue weighted by atomic mass is 9.96. The second-order valence-corrected chi connectivity index (χ2v) is 11.1. The fourth-order valence-electron chi connectivity index (χ4n) is 4.55. The van der Waals surface area contributed by atoms with E-state index in [9.17, 15) is 18.0 Å². The molecule has 2 saturated heterocycles. The highest BCUT2D eigenvalue weighted by molar-refractivity contribution is 7.89. The summed E-state index contributed by atoms with van der Waals surface area (Å²) < 4.78 is 27.3. The van der Waals surface area contributed by atoms with Gasteiger partial charge < -0.3 is 10.6 Å². The van der Waals surface area contributed by atoms with Crippen molar-refractivity contribution in [3.63, 3.8) is 0 Å². The molecule has 2 N–H and O–H groups in total. The Kier molecular flexibility index (Phi) is 7.35. The van der Waals surface area contributed by atoms with Gasteiger partial charge in [0, 0.05) is 57.3 Å². The summed E-state index contributed by atoms with van der Waals surface area (Å²) in [4.78, 5) is 28.5. The zero-order chi connectivity index (χ0) is 24.3. The Hall–Kier alpha value is -2.75. The third-order valence-electron chi connectivity index (χ3n) is 6.78. The van der Waals surface area contributed by atoms with Crippen molar-refractivity contribution in [1.29, 1.82) is 0 Å². The number of carbonyl (C=O) groups is 2. The van der Waals surface area contributed by atoms with Crippen LogP contribution in [0.3, 0.4) is 0 Å². The first-order valence-corrected chi connectivity index (χ1v) is 13.1. The maximum atomic E-state index is 12.9. The van der Waals surface area contributed by atoms with Crippen LogP contribution in [0.4, 0.5) is 0 Å². The molecule has 2 fully saturated rings. The molecular formula is C25H32N4O4S. The Morgan fingerprint density at radius 1 is 0.882 bits per heavy atom. The molecule has 0 atom stereocenters. The molecule has 0 aromatic heterocycles. The van der Waals surface area contributed by atoms with Crippen LogP contribution < -0.4 is 5.73 Å². The van der Waals surface area contributed by atoms with E-state index < -0.39 is 10.0 Å². The number of primary amides is 1. The normalized spacial score (nSPS) is 18.7. The molecule has 0 bridgehead atoms. The number of nitrogens with zero attached hydrogens (tertiary/aromatic N) is 3. The van der Waals surface area contributed by atoms with Crippen molar-refractivity contribution in [2.75, 3.05) is 39.3 Å². The molecule has 2 amide bonds. The molecule has 2 heterocycles. The van der Waals surface area contributed by atoms with Crippen LogP contribution in [0.5, 0.6) is 0 Å². The number of hydrogen-bond acceptors (Lipinski definition) is 5. The summed E-state index contributed by atoms with van der Waals surface area (Å²) in [5.74, 6) is -0.451. The predicted octanol–water partition coefficient (Wildman–Crippen LogP) is 1.84. The number of amides is 2. The number of carbonyl (C=O) groups excluding carboxylic acids is 2. The molecule has 2 aliphatic rings. The number of piperazine rings is 1. The molecule has 0 aliphatic carbocycles. The number of hydrogen-bond donors (Lipinski definition) is 1. The van der Waals surface area contributed by atoms with Gasteiger partial charge >= 0.3 is 0 Å². The van der Waals surface area contributed by atoms with Crippen LogP contribution in [-0.4, -0.2) is 73.6 Å². The fraction of sp³-hybridized carbons (Fsp3) is 0.440. The highest BCUT2D eigenvalue weighted by atomic mass is 32.2. The van der Waals surface area contributed by atoms with Crippen LogP contribution in [0, 0.1) is 12.8 Å². The molecule has 8 nitrogen and oxygen atoms in total. The summed E-state index contributed by atoms with van der Waals surface area (Å²) in [5, 5.41) is 0. The first-order valence-electron chi connectivity index (χ1n) is 11.7. The Balaban J connectivity index is 1.29. The van der Waals surface area contributed by atoms with Crippen molar-refractivity contribution in [3.05, 3.63) is 65.2 Å². The quantitative estimate of drug-likeness (QED) is 0.674. The van der Waals surface area contributed by atoms with Gasteiger partial charge in [-0.25, -0.2) is 8.42 Å². The fourth-order valence-corrected chi connectivity index (χ4v) is 5.97. The largest absolute Gasteiger partial charge is 0.369 e. The van der Waals surface area contributed by atoms with Crippen LogP contribution in [0.2, 0.25) is 0 Å². The Morgan fingerprint density at radius 3 is 2.03 bits per heavy atom. The molecule has 182 valence electrons. The summed E-state index contributed by atoms with van der Waals surface area (Å²) >= 11 is 0. The van der Waals surface area contributed by atoms with Gasteiger partial charge in [0.25, 0.3) is 5.91 Å². The monoisotopic (exact) mass is 484 g/mol. The van der Waals surface area contributed by atoms with Crippen LogP contribution in [0.1, 0.15) is 34.3 Å². The second kappa shape index (κ2) is 10.2. The van der Waals surface area contributed by atoms with Crippen molar-refractivity contribution >= 4 is 21.8 Å². The number of piperidine rings is 1. The van der Waals surface area contributed by atoms with Gasteiger partial charge in [0.1, 0.15) is 0 Å². The summed E-state index contributed by atoms with van der Waals surface area (Å²) in [6, 6.07) is 14.6. The summed E-state index contributed by atoms with van der Waals surface area (Å²) in [5.41, 5.74) is 8.12. The first kappa shape index (κ1) is 24.4. The number of benzene rings is 2. The van der Waals surface area contributed by atoms with E-state index in [1.54, 1.807) is 21.3 Å². The third kappa shape index (κ3) is 5.48. The van der Waals surface area contributed by atoms with E-state index in [0.717, 1.165) is 11.1 Å². The smallest absolute Gasteiger partial charge is 0.253 e. The van der Waals surface area contributed by atoms with Gasteiger partial charge in [0.15, 0.2) is 0 Å². The van der Waals surface area contributed by atoms with Crippen molar-refractivity contribution in [1.82, 2.24) is 14.1 Å². The highest BCUT2D eigenvalue weighted by Gasteiger charge is 2.29. The van der Waals surface area contributed by atoms with Gasteiger partial charge in [0.05, 0.1) is 4.90 Å². The van der Waals surface area contributed by atoms with Gasteiger partial charge in [-0.2, -0.15) is 4.31 Å². The standard InChI is InChI=1S/C25H32N4O4S/c1-19-2-8-23(9-3-19)34(32,33)29-16-14-27(15-17-29)18-20-4-6-22(7-5-20)25(31)28-12-10-21(11-13-28)24(26)30/h2-9,21H,10-18H2,1H3,(H2,26,30). The van der Waals surface area contributed by atoms with Crippen molar-refractivity contribution in [2.24, 2.45) is 11.7 Å². The molecular weight excluding hydrogens is 452 g/mol. The third-order valence-corrected chi connectivity index (χ3v) is 8.69. The Bertz CT molecular complexity index is 1120. The van der Waals surface area contributed by atoms with Gasteiger partial charge in [0.2, 0.25) is 15.9 Å². The minimum Gasteiger partial charge on any atom is -0.369 e. The molecule has 0 spiro atoms. The second-order valence-electron chi connectivity index (χ2n) is 9.16.